The molecule has 0 radical (unpaired) electrons. The van der Waals surface area contributed by atoms with Gasteiger partial charge in [0, 0.05) is 0 Å². The van der Waals surface area contributed by atoms with Gasteiger partial charge in [0.05, 0.1) is 6.54 Å². The molecule has 0 saturated carbocycles. The van der Waals surface area contributed by atoms with E-state index in [9.17, 15) is 0 Å². The van der Waals surface area contributed by atoms with Gasteiger partial charge in [0.15, 0.2) is 6.40 Å². The average Bonchev–Trinajstić information content (AvgIpc) is 1.90. The Kier molecular flexibility index (Phi) is 1.50. The normalized spacial score (nSPS) is 18.3. The molecule has 0 aromatic carbocycles. The van der Waals surface area contributed by atoms with Crippen LogP contribution in [0.25, 0.3) is 0 Å². The Balaban J connectivity index is 2.38. The molecule has 1 rings (SSSR count). The van der Waals surface area contributed by atoms with Crippen molar-refractivity contribution in [3.05, 3.63) is 12.2 Å². The molecule has 38 valence electrons. The second kappa shape index (κ2) is 2.39. The third-order valence-corrected chi connectivity index (χ3v) is 0.719. The fraction of sp³-hybridized carbons (Fsp3) is 0.400. The van der Waals surface area contributed by atoms with E-state index in [0.29, 0.717) is 6.61 Å². The van der Waals surface area contributed by atoms with E-state index in [1.165, 1.54) is 6.40 Å². The number of hydrogen-bond acceptors (Lipinski definition) is 2. The lowest BCUT2D eigenvalue weighted by atomic mass is 10.5. The van der Waals surface area contributed by atoms with Crippen LogP contribution in [0, 0.1) is 0 Å². The molecule has 1 aliphatic rings. The van der Waals surface area contributed by atoms with Crippen LogP contribution in [0.1, 0.15) is 0 Å². The summed E-state index contributed by atoms with van der Waals surface area (Å²) in [6.07, 6.45) is 5.41. The van der Waals surface area contributed by atoms with Gasteiger partial charge in [0.25, 0.3) is 0 Å². The Bertz CT molecular complexity index is 84.3. The summed E-state index contributed by atoms with van der Waals surface area (Å²) in [7, 11) is 0. The summed E-state index contributed by atoms with van der Waals surface area (Å²) >= 11 is 0. The minimum Gasteiger partial charge on any atom is -0.479 e. The number of nitrogens with zero attached hydrogens (tertiary/aromatic N) is 1. The first-order valence-corrected chi connectivity index (χ1v) is 2.25. The van der Waals surface area contributed by atoms with E-state index < -0.39 is 0 Å². The molecule has 7 heavy (non-hydrogen) atoms. The zero-order valence-electron chi connectivity index (χ0n) is 4.00. The van der Waals surface area contributed by atoms with Gasteiger partial charge in [-0.05, 0) is 6.08 Å². The van der Waals surface area contributed by atoms with Crippen molar-refractivity contribution in [1.82, 2.24) is 0 Å². The smallest absolute Gasteiger partial charge is 0.170 e. The van der Waals surface area contributed by atoms with Crippen LogP contribution in [0.2, 0.25) is 0 Å². The van der Waals surface area contributed by atoms with Gasteiger partial charge < -0.3 is 4.74 Å². The van der Waals surface area contributed by atoms with Crippen LogP contribution in [0.3, 0.4) is 0 Å². The largest absolute Gasteiger partial charge is 0.479 e. The predicted octanol–water partition coefficient (Wildman–Crippen LogP) is 0.601. The van der Waals surface area contributed by atoms with E-state index in [0.717, 1.165) is 6.54 Å². The summed E-state index contributed by atoms with van der Waals surface area (Å²) in [5, 5.41) is 0. The van der Waals surface area contributed by atoms with E-state index in [4.69, 9.17) is 4.74 Å². The SMILES string of the molecule is C1=CCOC=NC1. The monoisotopic (exact) mass is 97.1 g/mol. The number of aliphatic imine (C=N–C) groups is 1. The molecule has 1 aliphatic heterocycles. The van der Waals surface area contributed by atoms with Gasteiger partial charge in [-0.2, -0.15) is 0 Å². The van der Waals surface area contributed by atoms with Crippen molar-refractivity contribution in [3.8, 4) is 0 Å². The first-order chi connectivity index (χ1) is 3.50. The molecule has 0 bridgehead atoms. The van der Waals surface area contributed by atoms with Crippen molar-refractivity contribution in [3.63, 3.8) is 0 Å². The van der Waals surface area contributed by atoms with Gasteiger partial charge in [-0.3, -0.25) is 4.99 Å². The van der Waals surface area contributed by atoms with Crippen molar-refractivity contribution in [1.29, 1.82) is 0 Å². The summed E-state index contributed by atoms with van der Waals surface area (Å²) in [6.45, 7) is 1.43. The Labute approximate surface area is 42.5 Å². The Morgan fingerprint density at radius 1 is 1.43 bits per heavy atom. The highest BCUT2D eigenvalue weighted by molar-refractivity contribution is 5.47. The summed E-state index contributed by atoms with van der Waals surface area (Å²) in [4.78, 5) is 3.84. The van der Waals surface area contributed by atoms with Crippen LogP contribution in [-0.2, 0) is 4.74 Å². The number of ether oxygens (including phenoxy) is 1. The summed E-state index contributed by atoms with van der Waals surface area (Å²) in [5.74, 6) is 0. The molecular weight excluding hydrogens is 90.1 g/mol. The maximum absolute atomic E-state index is 4.82. The van der Waals surface area contributed by atoms with E-state index in [-0.39, 0.29) is 0 Å². The van der Waals surface area contributed by atoms with E-state index in [2.05, 4.69) is 4.99 Å². The van der Waals surface area contributed by atoms with Gasteiger partial charge in [-0.15, -0.1) is 0 Å². The zero-order valence-corrected chi connectivity index (χ0v) is 4.00. The topological polar surface area (TPSA) is 21.6 Å². The molecule has 0 aromatic heterocycles. The quantitative estimate of drug-likeness (QED) is 0.405. The highest BCUT2D eigenvalue weighted by atomic mass is 16.5. The molecule has 0 fully saturated rings. The van der Waals surface area contributed by atoms with Crippen molar-refractivity contribution in [2.75, 3.05) is 13.2 Å². The van der Waals surface area contributed by atoms with Crippen LogP contribution in [0.5, 0.6) is 0 Å². The lowest BCUT2D eigenvalue weighted by molar-refractivity contribution is 0.369. The first kappa shape index (κ1) is 4.37. The molecule has 0 N–H and O–H groups in total. The lowest BCUT2D eigenvalue weighted by Gasteiger charge is -1.85. The molecule has 0 unspecified atom stereocenters. The molecule has 0 saturated heterocycles. The predicted molar refractivity (Wildman–Crippen MR) is 28.5 cm³/mol. The molecule has 0 spiro atoms. The minimum atomic E-state index is 0.670. The Morgan fingerprint density at radius 3 is 3.43 bits per heavy atom. The van der Waals surface area contributed by atoms with Gasteiger partial charge >= 0.3 is 0 Å². The molecule has 0 amide bonds. The van der Waals surface area contributed by atoms with Crippen LogP contribution < -0.4 is 0 Å². The molecule has 0 atom stereocenters. The van der Waals surface area contributed by atoms with Crippen molar-refractivity contribution in [2.24, 2.45) is 4.99 Å². The molecule has 0 aliphatic carbocycles. The van der Waals surface area contributed by atoms with Gasteiger partial charge in [0.1, 0.15) is 6.61 Å². The van der Waals surface area contributed by atoms with E-state index in [1.54, 1.807) is 0 Å². The third-order valence-electron chi connectivity index (χ3n) is 0.719. The number of rotatable bonds is 0. The second-order valence-corrected chi connectivity index (χ2v) is 1.28. The fourth-order valence-electron chi connectivity index (χ4n) is 0.398. The maximum atomic E-state index is 4.82. The number of hydrogen-bond donors (Lipinski definition) is 0. The van der Waals surface area contributed by atoms with Crippen molar-refractivity contribution in [2.45, 2.75) is 0 Å². The molecule has 2 nitrogen and oxygen atoms in total. The molecule has 1 heterocycles. The summed E-state index contributed by atoms with van der Waals surface area (Å²) in [5.41, 5.74) is 0. The van der Waals surface area contributed by atoms with Crippen molar-refractivity contribution < 1.29 is 4.74 Å². The van der Waals surface area contributed by atoms with Gasteiger partial charge in [0.2, 0.25) is 0 Å². The van der Waals surface area contributed by atoms with Crippen molar-refractivity contribution >= 4 is 6.40 Å². The fourth-order valence-corrected chi connectivity index (χ4v) is 0.398. The van der Waals surface area contributed by atoms with E-state index in [1.807, 2.05) is 12.2 Å². The average molecular weight is 97.1 g/mol. The van der Waals surface area contributed by atoms with Crippen LogP contribution in [0.4, 0.5) is 0 Å². The summed E-state index contributed by atoms with van der Waals surface area (Å²) in [6, 6.07) is 0. The van der Waals surface area contributed by atoms with Crippen LogP contribution >= 0.6 is 0 Å². The second-order valence-electron chi connectivity index (χ2n) is 1.28. The molecular formula is C5H7NO. The molecule has 2 heteroatoms. The minimum absolute atomic E-state index is 0.670. The Morgan fingerprint density at radius 2 is 2.43 bits per heavy atom. The third kappa shape index (κ3) is 1.39. The zero-order chi connectivity index (χ0) is 4.95. The standard InChI is InChI=1S/C5H7NO/c1-2-4-7-5-6-3-1/h1-2,5H,3-4H2. The van der Waals surface area contributed by atoms with E-state index >= 15 is 0 Å². The highest BCUT2D eigenvalue weighted by Gasteiger charge is 1.78. The molecule has 0 aromatic rings. The van der Waals surface area contributed by atoms with Crippen LogP contribution in [-0.4, -0.2) is 19.6 Å². The summed E-state index contributed by atoms with van der Waals surface area (Å²) < 4.78 is 4.82. The highest BCUT2D eigenvalue weighted by Crippen LogP contribution is 1.81. The van der Waals surface area contributed by atoms with Gasteiger partial charge in [-0.1, -0.05) is 6.08 Å². The first-order valence-electron chi connectivity index (χ1n) is 2.25. The lowest BCUT2D eigenvalue weighted by Crippen LogP contribution is -1.82. The Hall–Kier alpha value is -0.790. The van der Waals surface area contributed by atoms with Crippen LogP contribution in [0.15, 0.2) is 17.1 Å². The van der Waals surface area contributed by atoms with Gasteiger partial charge in [-0.25, -0.2) is 0 Å². The maximum Gasteiger partial charge on any atom is 0.170 e.